The number of benzene rings is 1. The normalized spacial score (nSPS) is 10.5. The van der Waals surface area contributed by atoms with Crippen LogP contribution < -0.4 is 5.32 Å². The molecule has 0 spiro atoms. The molecule has 0 atom stereocenters. The summed E-state index contributed by atoms with van der Waals surface area (Å²) in [6.07, 6.45) is 2.92. The van der Waals surface area contributed by atoms with Crippen molar-refractivity contribution in [2.75, 3.05) is 6.61 Å². The molecule has 0 aliphatic carbocycles. The van der Waals surface area contributed by atoms with Crippen molar-refractivity contribution in [3.05, 3.63) is 35.7 Å². The molecule has 1 amide bonds. The molecule has 0 fully saturated rings. The van der Waals surface area contributed by atoms with Crippen LogP contribution in [0, 0.1) is 6.92 Å². The molecule has 0 aliphatic rings. The van der Waals surface area contributed by atoms with Crippen molar-refractivity contribution in [1.29, 1.82) is 0 Å². The number of aryl methyl sites for hydroxylation is 1. The fourth-order valence-corrected chi connectivity index (χ4v) is 2.03. The summed E-state index contributed by atoms with van der Waals surface area (Å²) in [6, 6.07) is 7.61. The standard InChI is InChI=1S/C16H21N5O2/c1-12-18-20-16(21-19-12)14-8-6-13(7-9-14)11-17-15(23)5-3-2-4-10-22/h6-9,22H,2-5,10-11H2,1H3,(H,17,23). The lowest BCUT2D eigenvalue weighted by Crippen LogP contribution is -2.22. The van der Waals surface area contributed by atoms with E-state index in [0.29, 0.717) is 24.6 Å². The third-order valence-corrected chi connectivity index (χ3v) is 3.34. The van der Waals surface area contributed by atoms with Crippen LogP contribution in [0.15, 0.2) is 24.3 Å². The number of aliphatic hydroxyl groups excluding tert-OH is 1. The molecular formula is C16H21N5O2. The van der Waals surface area contributed by atoms with Gasteiger partial charge in [0.1, 0.15) is 0 Å². The molecule has 0 saturated heterocycles. The maximum absolute atomic E-state index is 11.7. The van der Waals surface area contributed by atoms with Gasteiger partial charge >= 0.3 is 0 Å². The zero-order valence-electron chi connectivity index (χ0n) is 13.2. The summed E-state index contributed by atoms with van der Waals surface area (Å²) in [5.74, 6) is 1.05. The third-order valence-electron chi connectivity index (χ3n) is 3.34. The quantitative estimate of drug-likeness (QED) is 0.714. The van der Waals surface area contributed by atoms with Gasteiger partial charge in [-0.15, -0.1) is 20.4 Å². The summed E-state index contributed by atoms with van der Waals surface area (Å²) in [4.78, 5) is 11.7. The van der Waals surface area contributed by atoms with Gasteiger partial charge in [-0.3, -0.25) is 4.79 Å². The summed E-state index contributed by atoms with van der Waals surface area (Å²) in [6.45, 7) is 2.41. The molecule has 1 aromatic carbocycles. The van der Waals surface area contributed by atoms with Gasteiger partial charge in [0.2, 0.25) is 11.7 Å². The van der Waals surface area contributed by atoms with E-state index in [2.05, 4.69) is 25.7 Å². The maximum Gasteiger partial charge on any atom is 0.220 e. The molecule has 0 saturated carbocycles. The first-order valence-corrected chi connectivity index (χ1v) is 7.70. The van der Waals surface area contributed by atoms with Crippen LogP contribution in [0.25, 0.3) is 11.4 Å². The van der Waals surface area contributed by atoms with Gasteiger partial charge < -0.3 is 10.4 Å². The Kier molecular flexibility index (Phi) is 6.56. The molecule has 0 bridgehead atoms. The first-order chi connectivity index (χ1) is 11.2. The van der Waals surface area contributed by atoms with Crippen molar-refractivity contribution in [2.45, 2.75) is 39.2 Å². The highest BCUT2D eigenvalue weighted by Gasteiger charge is 2.04. The van der Waals surface area contributed by atoms with Gasteiger partial charge in [0.25, 0.3) is 0 Å². The number of aliphatic hydroxyl groups is 1. The topological polar surface area (TPSA) is 101 Å². The Hall–Kier alpha value is -2.41. The van der Waals surface area contributed by atoms with Gasteiger partial charge in [-0.2, -0.15) is 0 Å². The maximum atomic E-state index is 11.7. The molecule has 0 unspecified atom stereocenters. The summed E-state index contributed by atoms with van der Waals surface area (Å²) in [5.41, 5.74) is 1.84. The summed E-state index contributed by atoms with van der Waals surface area (Å²) < 4.78 is 0. The lowest BCUT2D eigenvalue weighted by atomic mass is 10.1. The number of nitrogens with zero attached hydrogens (tertiary/aromatic N) is 4. The smallest absolute Gasteiger partial charge is 0.220 e. The fourth-order valence-electron chi connectivity index (χ4n) is 2.03. The Morgan fingerprint density at radius 3 is 2.39 bits per heavy atom. The Bertz CT molecular complexity index is 613. The van der Waals surface area contributed by atoms with E-state index in [1.165, 1.54) is 0 Å². The number of rotatable bonds is 8. The first-order valence-electron chi connectivity index (χ1n) is 7.70. The van der Waals surface area contributed by atoms with Gasteiger partial charge in [-0.25, -0.2) is 0 Å². The fraction of sp³-hybridized carbons (Fsp3) is 0.438. The van der Waals surface area contributed by atoms with Crippen LogP contribution in [-0.4, -0.2) is 38.0 Å². The molecule has 0 radical (unpaired) electrons. The predicted octanol–water partition coefficient (Wildman–Crippen LogP) is 1.41. The minimum atomic E-state index is 0.0299. The second-order valence-electron chi connectivity index (χ2n) is 5.28. The summed E-state index contributed by atoms with van der Waals surface area (Å²) in [5, 5.41) is 27.3. The lowest BCUT2D eigenvalue weighted by molar-refractivity contribution is -0.121. The highest BCUT2D eigenvalue weighted by Crippen LogP contribution is 2.14. The molecule has 1 heterocycles. The minimum absolute atomic E-state index is 0.0299. The van der Waals surface area contributed by atoms with Gasteiger partial charge in [-0.1, -0.05) is 30.7 Å². The Morgan fingerprint density at radius 2 is 1.74 bits per heavy atom. The average Bonchev–Trinajstić information content (AvgIpc) is 2.58. The monoisotopic (exact) mass is 315 g/mol. The number of nitrogens with one attached hydrogen (secondary N) is 1. The number of carbonyl (C=O) groups excluding carboxylic acids is 1. The minimum Gasteiger partial charge on any atom is -0.396 e. The van der Waals surface area contributed by atoms with Crippen LogP contribution in [-0.2, 0) is 11.3 Å². The van der Waals surface area contributed by atoms with E-state index < -0.39 is 0 Å². The van der Waals surface area contributed by atoms with Crippen LogP contribution in [0.3, 0.4) is 0 Å². The molecule has 2 aromatic rings. The van der Waals surface area contributed by atoms with E-state index in [-0.39, 0.29) is 12.5 Å². The lowest BCUT2D eigenvalue weighted by Gasteiger charge is -2.06. The van der Waals surface area contributed by atoms with E-state index >= 15 is 0 Å². The first kappa shape index (κ1) is 17.0. The van der Waals surface area contributed by atoms with Crippen molar-refractivity contribution < 1.29 is 9.90 Å². The molecule has 7 heteroatoms. The molecule has 0 aliphatic heterocycles. The van der Waals surface area contributed by atoms with Crippen LogP contribution >= 0.6 is 0 Å². The van der Waals surface area contributed by atoms with Crippen LogP contribution in [0.5, 0.6) is 0 Å². The van der Waals surface area contributed by atoms with Gasteiger partial charge in [-0.05, 0) is 25.3 Å². The van der Waals surface area contributed by atoms with Crippen molar-refractivity contribution >= 4 is 5.91 Å². The van der Waals surface area contributed by atoms with Gasteiger partial charge in [0, 0.05) is 25.1 Å². The average molecular weight is 315 g/mol. The third kappa shape index (κ3) is 5.71. The predicted molar refractivity (Wildman–Crippen MR) is 85.2 cm³/mol. The van der Waals surface area contributed by atoms with Crippen LogP contribution in [0.1, 0.15) is 37.1 Å². The number of amides is 1. The summed E-state index contributed by atoms with van der Waals surface area (Å²) in [7, 11) is 0. The number of carbonyl (C=O) groups is 1. The highest BCUT2D eigenvalue weighted by molar-refractivity contribution is 5.75. The molecule has 2 rings (SSSR count). The van der Waals surface area contributed by atoms with E-state index in [4.69, 9.17) is 5.11 Å². The second kappa shape index (κ2) is 8.89. The molecule has 23 heavy (non-hydrogen) atoms. The Balaban J connectivity index is 1.81. The van der Waals surface area contributed by atoms with E-state index in [9.17, 15) is 4.79 Å². The van der Waals surface area contributed by atoms with Crippen molar-refractivity contribution in [2.24, 2.45) is 0 Å². The zero-order chi connectivity index (χ0) is 16.5. The zero-order valence-corrected chi connectivity index (χ0v) is 13.2. The molecule has 122 valence electrons. The SMILES string of the molecule is Cc1nnc(-c2ccc(CNC(=O)CCCCCO)cc2)nn1. The Morgan fingerprint density at radius 1 is 1.04 bits per heavy atom. The van der Waals surface area contributed by atoms with Crippen molar-refractivity contribution in [3.63, 3.8) is 0 Å². The van der Waals surface area contributed by atoms with Crippen molar-refractivity contribution in [3.8, 4) is 11.4 Å². The van der Waals surface area contributed by atoms with Gasteiger partial charge in [0.05, 0.1) is 0 Å². The number of aromatic nitrogens is 4. The van der Waals surface area contributed by atoms with Crippen LogP contribution in [0.2, 0.25) is 0 Å². The van der Waals surface area contributed by atoms with Crippen LogP contribution in [0.4, 0.5) is 0 Å². The largest absolute Gasteiger partial charge is 0.396 e. The number of unbranched alkanes of at least 4 members (excludes halogenated alkanes) is 2. The molecule has 2 N–H and O–H groups in total. The Labute approximate surface area is 135 Å². The van der Waals surface area contributed by atoms with Gasteiger partial charge in [0.15, 0.2) is 5.82 Å². The summed E-state index contributed by atoms with van der Waals surface area (Å²) >= 11 is 0. The second-order valence-corrected chi connectivity index (χ2v) is 5.28. The number of hydrogen-bond acceptors (Lipinski definition) is 6. The number of hydrogen-bond donors (Lipinski definition) is 2. The highest BCUT2D eigenvalue weighted by atomic mass is 16.2. The van der Waals surface area contributed by atoms with E-state index in [1.807, 2.05) is 24.3 Å². The van der Waals surface area contributed by atoms with Crippen molar-refractivity contribution in [1.82, 2.24) is 25.7 Å². The molecular weight excluding hydrogens is 294 g/mol. The van der Waals surface area contributed by atoms with E-state index in [1.54, 1.807) is 6.92 Å². The molecule has 1 aromatic heterocycles. The van der Waals surface area contributed by atoms with E-state index in [0.717, 1.165) is 30.4 Å². The molecule has 7 nitrogen and oxygen atoms in total.